The minimum atomic E-state index is -0.184. The fraction of sp³-hybridized carbons (Fsp3) is 0.364. The first-order valence-corrected chi connectivity index (χ1v) is 9.61. The van der Waals surface area contributed by atoms with Crippen LogP contribution >= 0.6 is 0 Å². The van der Waals surface area contributed by atoms with Crippen molar-refractivity contribution in [1.82, 2.24) is 5.32 Å². The highest BCUT2D eigenvalue weighted by atomic mass is 16.5. The molecule has 7 nitrogen and oxygen atoms in total. The van der Waals surface area contributed by atoms with Gasteiger partial charge in [0, 0.05) is 36.7 Å². The number of carbonyl (C=O) groups excluding carboxylic acids is 2. The van der Waals surface area contributed by atoms with Gasteiger partial charge in [-0.15, -0.1) is 0 Å². The second-order valence-corrected chi connectivity index (χ2v) is 6.96. The van der Waals surface area contributed by atoms with Crippen molar-refractivity contribution in [3.63, 3.8) is 0 Å². The Labute approximate surface area is 171 Å². The first kappa shape index (κ1) is 22.2. The van der Waals surface area contributed by atoms with Crippen LogP contribution in [0.1, 0.15) is 24.2 Å². The molecule has 0 radical (unpaired) electrons. The maximum Gasteiger partial charge on any atom is 0.251 e. The molecule has 2 aromatic carbocycles. The molecule has 29 heavy (non-hydrogen) atoms. The first-order chi connectivity index (χ1) is 14.0. The molecular weight excluding hydrogens is 370 g/mol. The average molecular weight is 399 g/mol. The summed E-state index contributed by atoms with van der Waals surface area (Å²) in [4.78, 5) is 24.1. The van der Waals surface area contributed by atoms with Gasteiger partial charge in [-0.1, -0.05) is 19.9 Å². The smallest absolute Gasteiger partial charge is 0.251 e. The lowest BCUT2D eigenvalue weighted by Crippen LogP contribution is -2.27. The van der Waals surface area contributed by atoms with E-state index in [1.165, 1.54) is 0 Å². The van der Waals surface area contributed by atoms with Gasteiger partial charge in [-0.2, -0.15) is 0 Å². The molecule has 0 unspecified atom stereocenters. The van der Waals surface area contributed by atoms with Gasteiger partial charge in [-0.3, -0.25) is 9.59 Å². The summed E-state index contributed by atoms with van der Waals surface area (Å²) in [5.74, 6) is 0.848. The first-order valence-electron chi connectivity index (χ1n) is 9.61. The van der Waals surface area contributed by atoms with E-state index in [1.807, 2.05) is 24.3 Å². The van der Waals surface area contributed by atoms with Crippen LogP contribution in [0, 0.1) is 5.92 Å². The number of hydrogen-bond acceptors (Lipinski definition) is 5. The summed E-state index contributed by atoms with van der Waals surface area (Å²) in [7, 11) is 1.58. The Bertz CT molecular complexity index is 791. The monoisotopic (exact) mass is 399 g/mol. The summed E-state index contributed by atoms with van der Waals surface area (Å²) in [6.07, 6.45) is 0. The molecule has 0 atom stereocenters. The summed E-state index contributed by atoms with van der Waals surface area (Å²) in [6.45, 7) is 5.85. The lowest BCUT2D eigenvalue weighted by molar-refractivity contribution is -0.114. The minimum Gasteiger partial charge on any atom is -0.493 e. The SMILES string of the molecule is COCCNC(=O)c1ccc(NC(=O)CNc2cccc(OCC(C)C)c2)cc1. The molecule has 0 aliphatic rings. The minimum absolute atomic E-state index is 0.118. The van der Waals surface area contributed by atoms with Crippen molar-refractivity contribution in [3.05, 3.63) is 54.1 Å². The van der Waals surface area contributed by atoms with E-state index in [0.717, 1.165) is 11.4 Å². The Morgan fingerprint density at radius 3 is 2.48 bits per heavy atom. The van der Waals surface area contributed by atoms with Crippen LogP contribution in [0.15, 0.2) is 48.5 Å². The number of benzene rings is 2. The maximum atomic E-state index is 12.2. The number of hydrogen-bond donors (Lipinski definition) is 3. The molecule has 2 aromatic rings. The fourth-order valence-corrected chi connectivity index (χ4v) is 2.42. The van der Waals surface area contributed by atoms with E-state index in [9.17, 15) is 9.59 Å². The summed E-state index contributed by atoms with van der Waals surface area (Å²) in [5.41, 5.74) is 1.96. The van der Waals surface area contributed by atoms with Crippen LogP contribution in [-0.4, -0.2) is 45.2 Å². The fourth-order valence-electron chi connectivity index (χ4n) is 2.42. The third kappa shape index (κ3) is 8.23. The molecule has 156 valence electrons. The molecule has 0 aromatic heterocycles. The molecule has 0 aliphatic heterocycles. The van der Waals surface area contributed by atoms with Gasteiger partial charge in [-0.25, -0.2) is 0 Å². The predicted octanol–water partition coefficient (Wildman–Crippen LogP) is 3.15. The van der Waals surface area contributed by atoms with E-state index >= 15 is 0 Å². The number of ether oxygens (including phenoxy) is 2. The van der Waals surface area contributed by atoms with Crippen molar-refractivity contribution >= 4 is 23.2 Å². The number of carbonyl (C=O) groups is 2. The normalized spacial score (nSPS) is 10.5. The summed E-state index contributed by atoms with van der Waals surface area (Å²) < 4.78 is 10.6. The molecule has 0 bridgehead atoms. The highest BCUT2D eigenvalue weighted by Crippen LogP contribution is 2.18. The molecule has 0 heterocycles. The van der Waals surface area contributed by atoms with Gasteiger partial charge in [0.05, 0.1) is 19.8 Å². The standard InChI is InChI=1S/C22H29N3O4/c1-16(2)15-29-20-6-4-5-19(13-20)24-14-21(26)25-18-9-7-17(8-10-18)22(27)23-11-12-28-3/h4-10,13,16,24H,11-12,14-15H2,1-3H3,(H,23,27)(H,25,26). The third-order valence-electron chi connectivity index (χ3n) is 3.89. The predicted molar refractivity (Wildman–Crippen MR) is 115 cm³/mol. The molecule has 0 spiro atoms. The zero-order valence-electron chi connectivity index (χ0n) is 17.2. The maximum absolute atomic E-state index is 12.2. The van der Waals surface area contributed by atoms with Crippen molar-refractivity contribution in [3.8, 4) is 5.75 Å². The summed E-state index contributed by atoms with van der Waals surface area (Å²) >= 11 is 0. The van der Waals surface area contributed by atoms with Gasteiger partial charge in [0.1, 0.15) is 5.75 Å². The molecule has 7 heteroatoms. The lowest BCUT2D eigenvalue weighted by atomic mass is 10.2. The van der Waals surface area contributed by atoms with E-state index in [2.05, 4.69) is 29.8 Å². The van der Waals surface area contributed by atoms with Crippen molar-refractivity contribution in [1.29, 1.82) is 0 Å². The Morgan fingerprint density at radius 1 is 1.03 bits per heavy atom. The van der Waals surface area contributed by atoms with Gasteiger partial charge < -0.3 is 25.4 Å². The zero-order chi connectivity index (χ0) is 21.1. The van der Waals surface area contributed by atoms with Crippen molar-refractivity contribution in [2.75, 3.05) is 44.0 Å². The van der Waals surface area contributed by atoms with Gasteiger partial charge >= 0.3 is 0 Å². The van der Waals surface area contributed by atoms with Crippen LogP contribution in [0.3, 0.4) is 0 Å². The van der Waals surface area contributed by atoms with Crippen LogP contribution in [0.5, 0.6) is 5.75 Å². The lowest BCUT2D eigenvalue weighted by Gasteiger charge is -2.11. The second-order valence-electron chi connectivity index (χ2n) is 6.96. The molecule has 0 saturated heterocycles. The van der Waals surface area contributed by atoms with Crippen LogP contribution in [-0.2, 0) is 9.53 Å². The third-order valence-corrected chi connectivity index (χ3v) is 3.89. The molecule has 2 amide bonds. The number of nitrogens with one attached hydrogen (secondary N) is 3. The van der Waals surface area contributed by atoms with Crippen LogP contribution in [0.25, 0.3) is 0 Å². The number of methoxy groups -OCH3 is 1. The molecule has 0 fully saturated rings. The van der Waals surface area contributed by atoms with Gasteiger partial charge in [0.25, 0.3) is 5.91 Å². The van der Waals surface area contributed by atoms with Gasteiger partial charge in [-0.05, 0) is 42.3 Å². The van der Waals surface area contributed by atoms with E-state index in [-0.39, 0.29) is 18.4 Å². The Morgan fingerprint density at radius 2 is 1.79 bits per heavy atom. The van der Waals surface area contributed by atoms with Crippen molar-refractivity contribution in [2.24, 2.45) is 5.92 Å². The average Bonchev–Trinajstić information content (AvgIpc) is 2.72. The zero-order valence-corrected chi connectivity index (χ0v) is 17.2. The summed E-state index contributed by atoms with van der Waals surface area (Å²) in [5, 5.41) is 8.63. The molecular formula is C22H29N3O4. The summed E-state index contributed by atoms with van der Waals surface area (Å²) in [6, 6.07) is 14.3. The van der Waals surface area contributed by atoms with Crippen molar-refractivity contribution < 1.29 is 19.1 Å². The quantitative estimate of drug-likeness (QED) is 0.505. The number of rotatable bonds is 11. The van der Waals surface area contributed by atoms with Gasteiger partial charge in [0.2, 0.25) is 5.91 Å². The Kier molecular flexibility index (Phi) is 8.98. The van der Waals surface area contributed by atoms with Gasteiger partial charge in [0.15, 0.2) is 0 Å². The van der Waals surface area contributed by atoms with E-state index in [0.29, 0.717) is 36.9 Å². The largest absolute Gasteiger partial charge is 0.493 e. The number of anilines is 2. The van der Waals surface area contributed by atoms with Crippen LogP contribution in [0.2, 0.25) is 0 Å². The Hall–Kier alpha value is -3.06. The van der Waals surface area contributed by atoms with E-state index in [4.69, 9.17) is 9.47 Å². The van der Waals surface area contributed by atoms with E-state index < -0.39 is 0 Å². The van der Waals surface area contributed by atoms with E-state index in [1.54, 1.807) is 31.4 Å². The molecule has 2 rings (SSSR count). The van der Waals surface area contributed by atoms with Crippen molar-refractivity contribution in [2.45, 2.75) is 13.8 Å². The second kappa shape index (κ2) is 11.7. The highest BCUT2D eigenvalue weighted by molar-refractivity contribution is 5.96. The van der Waals surface area contributed by atoms with Crippen LogP contribution < -0.4 is 20.7 Å². The topological polar surface area (TPSA) is 88.7 Å². The van der Waals surface area contributed by atoms with Crippen LogP contribution in [0.4, 0.5) is 11.4 Å². The Balaban J connectivity index is 1.80. The molecule has 0 saturated carbocycles. The number of amides is 2. The molecule has 0 aliphatic carbocycles. The highest BCUT2D eigenvalue weighted by Gasteiger charge is 2.07. The molecule has 3 N–H and O–H groups in total.